The minimum atomic E-state index is -2.69. The van der Waals surface area contributed by atoms with Crippen molar-refractivity contribution in [2.24, 2.45) is 11.3 Å². The molecule has 1 fully saturated rings. The first-order valence-corrected chi connectivity index (χ1v) is 4.65. The van der Waals surface area contributed by atoms with Gasteiger partial charge in [0.25, 0.3) is 5.92 Å². The third kappa shape index (κ3) is 2.19. The van der Waals surface area contributed by atoms with E-state index in [1.807, 2.05) is 20.8 Å². The first kappa shape index (κ1) is 10.9. The van der Waals surface area contributed by atoms with Gasteiger partial charge in [-0.3, -0.25) is 0 Å². The Kier molecular flexibility index (Phi) is 2.23. The Labute approximate surface area is 78.1 Å². The van der Waals surface area contributed by atoms with Crippen LogP contribution in [0.25, 0.3) is 0 Å². The summed E-state index contributed by atoms with van der Waals surface area (Å²) in [4.78, 5) is 0. The van der Waals surface area contributed by atoms with Gasteiger partial charge in [0.05, 0.1) is 5.60 Å². The van der Waals surface area contributed by atoms with Crippen molar-refractivity contribution in [3.8, 4) is 0 Å². The Morgan fingerprint density at radius 2 is 1.77 bits per heavy atom. The van der Waals surface area contributed by atoms with Crippen LogP contribution in [0.1, 0.15) is 40.5 Å². The molecule has 0 bridgehead atoms. The largest absolute Gasteiger partial charge is 0.390 e. The maximum atomic E-state index is 13.1. The highest BCUT2D eigenvalue weighted by atomic mass is 19.3. The van der Waals surface area contributed by atoms with Crippen molar-refractivity contribution in [2.45, 2.75) is 52.1 Å². The summed E-state index contributed by atoms with van der Waals surface area (Å²) in [7, 11) is 0. The number of aliphatic hydroxyl groups is 1. The summed E-state index contributed by atoms with van der Waals surface area (Å²) in [5.74, 6) is -3.02. The SMILES string of the molecule is CC(C)(C)[C@@H]1CC(F)(F)C[C@]1(C)O. The van der Waals surface area contributed by atoms with E-state index in [0.29, 0.717) is 0 Å². The fraction of sp³-hybridized carbons (Fsp3) is 1.00. The summed E-state index contributed by atoms with van der Waals surface area (Å²) in [6.07, 6.45) is -0.592. The van der Waals surface area contributed by atoms with Gasteiger partial charge in [-0.25, -0.2) is 8.78 Å². The fourth-order valence-electron chi connectivity index (χ4n) is 2.48. The van der Waals surface area contributed by atoms with Gasteiger partial charge in [0.15, 0.2) is 0 Å². The van der Waals surface area contributed by atoms with Gasteiger partial charge >= 0.3 is 0 Å². The zero-order chi connectivity index (χ0) is 10.5. The van der Waals surface area contributed by atoms with Gasteiger partial charge in [0, 0.05) is 12.8 Å². The smallest absolute Gasteiger partial charge is 0.251 e. The monoisotopic (exact) mass is 192 g/mol. The van der Waals surface area contributed by atoms with Crippen molar-refractivity contribution in [2.75, 3.05) is 0 Å². The molecule has 3 heteroatoms. The Balaban J connectivity index is 2.89. The highest BCUT2D eigenvalue weighted by Gasteiger charge is 2.56. The van der Waals surface area contributed by atoms with E-state index in [1.54, 1.807) is 0 Å². The Morgan fingerprint density at radius 1 is 1.31 bits per heavy atom. The predicted octanol–water partition coefficient (Wildman–Crippen LogP) is 2.83. The summed E-state index contributed by atoms with van der Waals surface area (Å²) >= 11 is 0. The van der Waals surface area contributed by atoms with Gasteiger partial charge in [-0.05, 0) is 18.3 Å². The van der Waals surface area contributed by atoms with Crippen LogP contribution in [0.15, 0.2) is 0 Å². The van der Waals surface area contributed by atoms with Crippen molar-refractivity contribution in [3.05, 3.63) is 0 Å². The molecule has 1 aliphatic rings. The van der Waals surface area contributed by atoms with Gasteiger partial charge in [-0.2, -0.15) is 0 Å². The molecule has 0 saturated heterocycles. The standard InChI is InChI=1S/C10H18F2O/c1-8(2,3)7-5-10(11,12)6-9(7,4)13/h7,13H,5-6H2,1-4H3/t7-,9-/m0/s1. The molecule has 1 aliphatic carbocycles. The van der Waals surface area contributed by atoms with E-state index >= 15 is 0 Å². The highest BCUT2D eigenvalue weighted by Crippen LogP contribution is 2.52. The van der Waals surface area contributed by atoms with E-state index in [1.165, 1.54) is 6.92 Å². The maximum absolute atomic E-state index is 13.1. The molecule has 0 aromatic carbocycles. The molecular formula is C10H18F2O. The van der Waals surface area contributed by atoms with Gasteiger partial charge in [0.1, 0.15) is 0 Å². The second kappa shape index (κ2) is 2.66. The molecule has 1 N–H and O–H groups in total. The van der Waals surface area contributed by atoms with Crippen LogP contribution in [-0.2, 0) is 0 Å². The van der Waals surface area contributed by atoms with Crippen molar-refractivity contribution in [3.63, 3.8) is 0 Å². The summed E-state index contributed by atoms with van der Waals surface area (Å²) in [5, 5.41) is 9.85. The van der Waals surface area contributed by atoms with Gasteiger partial charge in [0.2, 0.25) is 0 Å². The fourth-order valence-corrected chi connectivity index (χ4v) is 2.48. The van der Waals surface area contributed by atoms with Crippen molar-refractivity contribution < 1.29 is 13.9 Å². The lowest BCUT2D eigenvalue weighted by Gasteiger charge is -2.35. The van der Waals surface area contributed by atoms with Crippen LogP contribution in [0.3, 0.4) is 0 Å². The van der Waals surface area contributed by atoms with Crippen LogP contribution in [-0.4, -0.2) is 16.6 Å². The molecule has 0 spiro atoms. The molecule has 0 radical (unpaired) electrons. The van der Waals surface area contributed by atoms with Gasteiger partial charge < -0.3 is 5.11 Å². The molecule has 0 aromatic rings. The molecule has 13 heavy (non-hydrogen) atoms. The molecule has 0 aliphatic heterocycles. The van der Waals surface area contributed by atoms with E-state index < -0.39 is 17.9 Å². The summed E-state index contributed by atoms with van der Waals surface area (Å²) in [5.41, 5.74) is -1.48. The number of alkyl halides is 2. The Bertz CT molecular complexity index is 203. The number of rotatable bonds is 0. The van der Waals surface area contributed by atoms with Crippen LogP contribution >= 0.6 is 0 Å². The van der Waals surface area contributed by atoms with Crippen LogP contribution in [0, 0.1) is 11.3 Å². The molecule has 1 saturated carbocycles. The van der Waals surface area contributed by atoms with Gasteiger partial charge in [-0.1, -0.05) is 20.8 Å². The normalized spacial score (nSPS) is 39.5. The molecule has 78 valence electrons. The molecule has 1 rings (SSSR count). The number of halogens is 2. The molecular weight excluding hydrogens is 174 g/mol. The average Bonchev–Trinajstić information content (AvgIpc) is 1.97. The molecule has 1 nitrogen and oxygen atoms in total. The lowest BCUT2D eigenvalue weighted by Crippen LogP contribution is -2.37. The quantitative estimate of drug-likeness (QED) is 0.625. The summed E-state index contributed by atoms with van der Waals surface area (Å²) < 4.78 is 26.1. The van der Waals surface area contributed by atoms with Crippen molar-refractivity contribution >= 4 is 0 Å². The van der Waals surface area contributed by atoms with Crippen molar-refractivity contribution in [1.82, 2.24) is 0 Å². The summed E-state index contributed by atoms with van der Waals surface area (Å²) in [6, 6.07) is 0. The molecule has 0 unspecified atom stereocenters. The Morgan fingerprint density at radius 3 is 1.92 bits per heavy atom. The number of hydrogen-bond donors (Lipinski definition) is 1. The van der Waals surface area contributed by atoms with Crippen LogP contribution in [0.2, 0.25) is 0 Å². The lowest BCUT2D eigenvalue weighted by molar-refractivity contribution is -0.0393. The van der Waals surface area contributed by atoms with E-state index in [9.17, 15) is 13.9 Å². The van der Waals surface area contributed by atoms with E-state index in [0.717, 1.165) is 0 Å². The zero-order valence-electron chi connectivity index (χ0n) is 8.69. The van der Waals surface area contributed by atoms with Crippen molar-refractivity contribution in [1.29, 1.82) is 0 Å². The third-order valence-corrected chi connectivity index (χ3v) is 2.92. The second-order valence-electron chi connectivity index (χ2n) is 5.51. The maximum Gasteiger partial charge on any atom is 0.251 e. The third-order valence-electron chi connectivity index (χ3n) is 2.92. The number of hydrogen-bond acceptors (Lipinski definition) is 1. The van der Waals surface area contributed by atoms with Gasteiger partial charge in [-0.15, -0.1) is 0 Å². The minimum Gasteiger partial charge on any atom is -0.390 e. The first-order valence-electron chi connectivity index (χ1n) is 4.65. The second-order valence-corrected chi connectivity index (χ2v) is 5.51. The topological polar surface area (TPSA) is 20.2 Å². The average molecular weight is 192 g/mol. The van der Waals surface area contributed by atoms with Crippen LogP contribution in [0.5, 0.6) is 0 Å². The molecule has 0 heterocycles. The highest BCUT2D eigenvalue weighted by molar-refractivity contribution is 5.01. The van der Waals surface area contributed by atoms with E-state index in [4.69, 9.17) is 0 Å². The predicted molar refractivity (Wildman–Crippen MR) is 47.7 cm³/mol. The van der Waals surface area contributed by atoms with E-state index in [-0.39, 0.29) is 17.8 Å². The molecule has 2 atom stereocenters. The van der Waals surface area contributed by atoms with Crippen LogP contribution < -0.4 is 0 Å². The Hall–Kier alpha value is -0.180. The summed E-state index contributed by atoms with van der Waals surface area (Å²) in [6.45, 7) is 7.21. The molecule has 0 aromatic heterocycles. The zero-order valence-corrected chi connectivity index (χ0v) is 8.69. The first-order chi connectivity index (χ1) is 5.55. The lowest BCUT2D eigenvalue weighted by atomic mass is 9.73. The van der Waals surface area contributed by atoms with E-state index in [2.05, 4.69) is 0 Å². The minimum absolute atomic E-state index is 0.191. The van der Waals surface area contributed by atoms with Crippen LogP contribution in [0.4, 0.5) is 8.78 Å². The molecule has 0 amide bonds.